The topological polar surface area (TPSA) is 197 Å². The van der Waals surface area contributed by atoms with Crippen LogP contribution >= 0.6 is 0 Å². The predicted molar refractivity (Wildman–Crippen MR) is 136 cm³/mol. The fourth-order valence-corrected chi connectivity index (χ4v) is 4.32. The van der Waals surface area contributed by atoms with Gasteiger partial charge in [-0.3, -0.25) is 29.5 Å². The summed E-state index contributed by atoms with van der Waals surface area (Å²) in [6.45, 7) is 3.74. The predicted octanol–water partition coefficient (Wildman–Crippen LogP) is 0.429. The van der Waals surface area contributed by atoms with Crippen molar-refractivity contribution in [3.05, 3.63) is 60.2 Å². The minimum atomic E-state index is -2.21. The molecule has 1 aromatic carbocycles. The van der Waals surface area contributed by atoms with Crippen molar-refractivity contribution in [3.63, 3.8) is 0 Å². The van der Waals surface area contributed by atoms with E-state index >= 15 is 0 Å². The van der Waals surface area contributed by atoms with Crippen LogP contribution in [0.15, 0.2) is 48.9 Å². The van der Waals surface area contributed by atoms with Crippen LogP contribution in [0.25, 0.3) is 0 Å². The normalized spacial score (nSPS) is 16.8. The number of aliphatic hydroxyl groups is 1. The van der Waals surface area contributed by atoms with Crippen LogP contribution in [0.3, 0.4) is 0 Å². The highest BCUT2D eigenvalue weighted by atomic mass is 16.7. The smallest absolute Gasteiger partial charge is 0.506 e. The molecule has 5 N–H and O–H groups in total. The summed E-state index contributed by atoms with van der Waals surface area (Å²) in [6, 6.07) is 8.22. The van der Waals surface area contributed by atoms with Gasteiger partial charge in [0, 0.05) is 12.4 Å². The number of aliphatic carboxylic acids is 2. The number of carbonyl (C=O) groups excluding carboxylic acids is 2. The van der Waals surface area contributed by atoms with Crippen LogP contribution in [0.4, 0.5) is 0 Å². The third kappa shape index (κ3) is 8.30. The molecule has 3 rings (SSSR count). The van der Waals surface area contributed by atoms with E-state index in [0.29, 0.717) is 6.42 Å². The lowest BCUT2D eigenvalue weighted by molar-refractivity contribution is -0.157. The Morgan fingerprint density at radius 3 is 2.31 bits per heavy atom. The third-order valence-electron chi connectivity index (χ3n) is 6.04. The van der Waals surface area contributed by atoms with Crippen molar-refractivity contribution < 1.29 is 43.8 Å². The zero-order chi connectivity index (χ0) is 28.6. The molecular formula is C25H31BN4O9. The van der Waals surface area contributed by atoms with E-state index in [4.69, 9.17) is 9.31 Å². The van der Waals surface area contributed by atoms with Crippen molar-refractivity contribution in [3.8, 4) is 0 Å². The number of hydrogen-bond acceptors (Lipinski definition) is 10. The van der Waals surface area contributed by atoms with E-state index in [-0.39, 0.29) is 18.0 Å². The van der Waals surface area contributed by atoms with E-state index in [0.717, 1.165) is 5.56 Å². The van der Waals surface area contributed by atoms with Gasteiger partial charge < -0.3 is 29.9 Å². The molecule has 2 heterocycles. The summed E-state index contributed by atoms with van der Waals surface area (Å²) >= 11 is 0. The van der Waals surface area contributed by atoms with E-state index in [1.54, 1.807) is 0 Å². The number of nitrogens with one attached hydrogen (secondary N) is 2. The molecule has 13 nitrogen and oxygen atoms in total. The standard InChI is InChI=1S/C25H31BN4O9/c1-15(2)10-19(26-38-24(37)25(39-26,12-20(31)32)13-21(33)34)30-22(35)17(11-16-6-4-3-5-7-16)29-23(36)18-14-27-8-9-28-18/h3-9,14-15,17,19,22,30,35H,10-13H2,1-2H3,(H,29,36)(H,31,32)(H,33,34). The average molecular weight is 542 g/mol. The van der Waals surface area contributed by atoms with Gasteiger partial charge in [0.05, 0.1) is 31.0 Å². The molecule has 2 aromatic rings. The number of nitrogens with zero attached hydrogens (tertiary/aromatic N) is 2. The summed E-state index contributed by atoms with van der Waals surface area (Å²) < 4.78 is 11.0. The number of carboxylic acid groups (broad SMARTS) is 2. The number of hydrogen-bond donors (Lipinski definition) is 5. The SMILES string of the molecule is CC(C)CC(NC(O)C(Cc1ccccc1)NC(=O)c1cnccn1)B1OC(=O)C(CC(=O)O)(CC(=O)O)O1. The van der Waals surface area contributed by atoms with Gasteiger partial charge >= 0.3 is 25.0 Å². The van der Waals surface area contributed by atoms with Crippen LogP contribution < -0.4 is 10.6 Å². The van der Waals surface area contributed by atoms with E-state index in [9.17, 15) is 34.5 Å². The molecular weight excluding hydrogens is 511 g/mol. The Hall–Kier alpha value is -3.88. The fraction of sp³-hybridized carbons (Fsp3) is 0.440. The van der Waals surface area contributed by atoms with Gasteiger partial charge in [-0.25, -0.2) is 4.98 Å². The van der Waals surface area contributed by atoms with Gasteiger partial charge in [-0.1, -0.05) is 44.2 Å². The van der Waals surface area contributed by atoms with Crippen molar-refractivity contribution in [2.75, 3.05) is 0 Å². The van der Waals surface area contributed by atoms with Gasteiger partial charge in [0.15, 0.2) is 5.60 Å². The molecule has 1 aliphatic rings. The molecule has 1 aromatic heterocycles. The van der Waals surface area contributed by atoms with E-state index in [1.165, 1.54) is 18.6 Å². The lowest BCUT2D eigenvalue weighted by atomic mass is 9.73. The summed E-state index contributed by atoms with van der Waals surface area (Å²) in [7, 11) is -1.39. The number of carboxylic acids is 2. The summed E-state index contributed by atoms with van der Waals surface area (Å²) in [6.07, 6.45) is 1.36. The van der Waals surface area contributed by atoms with Gasteiger partial charge in [-0.2, -0.15) is 0 Å². The first kappa shape index (κ1) is 29.7. The zero-order valence-corrected chi connectivity index (χ0v) is 21.5. The molecule has 3 unspecified atom stereocenters. The summed E-state index contributed by atoms with van der Waals surface area (Å²) in [5.74, 6) is -5.43. The monoisotopic (exact) mass is 542 g/mol. The number of aliphatic hydroxyl groups excluding tert-OH is 1. The van der Waals surface area contributed by atoms with Gasteiger partial charge in [0.25, 0.3) is 5.91 Å². The molecule has 0 aliphatic carbocycles. The third-order valence-corrected chi connectivity index (χ3v) is 6.04. The van der Waals surface area contributed by atoms with Crippen LogP contribution in [0.1, 0.15) is 49.2 Å². The van der Waals surface area contributed by atoms with E-state index < -0.39 is 67.6 Å². The summed E-state index contributed by atoms with van der Waals surface area (Å²) in [4.78, 5) is 56.2. The number of benzene rings is 1. The lowest BCUT2D eigenvalue weighted by Crippen LogP contribution is -2.58. The van der Waals surface area contributed by atoms with Crippen LogP contribution in [-0.4, -0.2) is 80.0 Å². The minimum absolute atomic E-state index is 0.00675. The Morgan fingerprint density at radius 1 is 1.08 bits per heavy atom. The molecule has 1 amide bonds. The fourth-order valence-electron chi connectivity index (χ4n) is 4.32. The Kier molecular flexibility index (Phi) is 10.1. The second kappa shape index (κ2) is 13.3. The maximum Gasteiger partial charge on any atom is 0.546 e. The number of amides is 1. The van der Waals surface area contributed by atoms with Crippen LogP contribution in [0.5, 0.6) is 0 Å². The minimum Gasteiger partial charge on any atom is -0.506 e. The van der Waals surface area contributed by atoms with Gasteiger partial charge in [-0.15, -0.1) is 0 Å². The van der Waals surface area contributed by atoms with Crippen molar-refractivity contribution >= 4 is 30.9 Å². The highest BCUT2D eigenvalue weighted by Gasteiger charge is 2.57. The maximum absolute atomic E-state index is 12.8. The van der Waals surface area contributed by atoms with Crippen LogP contribution in [0, 0.1) is 5.92 Å². The quantitative estimate of drug-likeness (QED) is 0.163. The van der Waals surface area contributed by atoms with Crippen molar-refractivity contribution in [2.45, 2.75) is 63.3 Å². The molecule has 0 bridgehead atoms. The number of carbonyl (C=O) groups is 4. The number of aromatic nitrogens is 2. The summed E-state index contributed by atoms with van der Waals surface area (Å²) in [5.41, 5.74) is -1.36. The molecule has 39 heavy (non-hydrogen) atoms. The largest absolute Gasteiger partial charge is 0.546 e. The Labute approximate surface area is 225 Å². The first-order valence-corrected chi connectivity index (χ1v) is 12.4. The van der Waals surface area contributed by atoms with E-state index in [2.05, 4.69) is 20.6 Å². The zero-order valence-electron chi connectivity index (χ0n) is 21.5. The molecule has 3 atom stereocenters. The second-order valence-electron chi connectivity index (χ2n) is 9.73. The van der Waals surface area contributed by atoms with Crippen LogP contribution in [0.2, 0.25) is 0 Å². The molecule has 0 radical (unpaired) electrons. The van der Waals surface area contributed by atoms with Crippen molar-refractivity contribution in [1.29, 1.82) is 0 Å². The van der Waals surface area contributed by atoms with Crippen molar-refractivity contribution in [2.24, 2.45) is 5.92 Å². The maximum atomic E-state index is 12.8. The Morgan fingerprint density at radius 2 is 1.74 bits per heavy atom. The number of rotatable bonds is 14. The van der Waals surface area contributed by atoms with Crippen LogP contribution in [-0.2, 0) is 30.1 Å². The Balaban J connectivity index is 1.84. The highest BCUT2D eigenvalue weighted by Crippen LogP contribution is 2.32. The molecule has 0 saturated carbocycles. The lowest BCUT2D eigenvalue weighted by Gasteiger charge is -2.30. The summed E-state index contributed by atoms with van der Waals surface area (Å²) in [5, 5.41) is 35.5. The molecule has 1 fully saturated rings. The second-order valence-corrected chi connectivity index (χ2v) is 9.73. The Bertz CT molecular complexity index is 1140. The molecule has 1 aliphatic heterocycles. The van der Waals surface area contributed by atoms with Gasteiger partial charge in [0.2, 0.25) is 0 Å². The van der Waals surface area contributed by atoms with Gasteiger partial charge in [-0.05, 0) is 24.3 Å². The first-order chi connectivity index (χ1) is 18.5. The average Bonchev–Trinajstić information content (AvgIpc) is 3.18. The molecule has 208 valence electrons. The first-order valence-electron chi connectivity index (χ1n) is 12.4. The van der Waals surface area contributed by atoms with E-state index in [1.807, 2.05) is 44.2 Å². The van der Waals surface area contributed by atoms with Gasteiger partial charge in [0.1, 0.15) is 11.9 Å². The molecule has 14 heteroatoms. The molecule has 0 spiro atoms. The van der Waals surface area contributed by atoms with Crippen molar-refractivity contribution in [1.82, 2.24) is 20.6 Å². The molecule has 1 saturated heterocycles. The highest BCUT2D eigenvalue weighted by molar-refractivity contribution is 6.51.